The van der Waals surface area contributed by atoms with E-state index in [1.165, 1.54) is 28.4 Å². The van der Waals surface area contributed by atoms with Crippen LogP contribution in [0.15, 0.2) is 97.0 Å². The first-order valence-electron chi connectivity index (χ1n) is 34.0. The summed E-state index contributed by atoms with van der Waals surface area (Å²) in [4.78, 5) is 107. The average molecular weight is 1450 g/mol. The fourth-order valence-corrected chi connectivity index (χ4v) is 18.5. The molecule has 1 aliphatic heterocycles. The van der Waals surface area contributed by atoms with Crippen molar-refractivity contribution in [3.63, 3.8) is 0 Å². The summed E-state index contributed by atoms with van der Waals surface area (Å²) in [6.07, 6.45) is 7.49. The van der Waals surface area contributed by atoms with Crippen LogP contribution in [0.3, 0.4) is 0 Å². The molecule has 0 spiro atoms. The van der Waals surface area contributed by atoms with E-state index in [2.05, 4.69) is 41.4 Å². The van der Waals surface area contributed by atoms with E-state index in [4.69, 9.17) is 31.0 Å². The van der Waals surface area contributed by atoms with Crippen LogP contribution in [-0.4, -0.2) is 155 Å². The summed E-state index contributed by atoms with van der Waals surface area (Å²) in [5, 5.41) is 25.3. The fraction of sp³-hybridized carbons (Fsp3) is 0.493. The molecule has 27 nitrogen and oxygen atoms in total. The Morgan fingerprint density at radius 1 is 0.842 bits per heavy atom. The van der Waals surface area contributed by atoms with Crippen molar-refractivity contribution in [3.05, 3.63) is 131 Å². The molecular formula is C71H90N12O15S3. The Morgan fingerprint density at radius 3 is 2.25 bits per heavy atom. The number of ether oxygens (including phenoxy) is 2. The lowest BCUT2D eigenvalue weighted by Crippen LogP contribution is -2.64. The van der Waals surface area contributed by atoms with Crippen molar-refractivity contribution in [3.8, 4) is 11.1 Å². The zero-order chi connectivity index (χ0) is 72.8. The molecule has 3 aromatic heterocycles. The number of fused-ring (bicyclic) bond motifs is 2. The van der Waals surface area contributed by atoms with Gasteiger partial charge in [0.05, 0.1) is 40.1 Å². The monoisotopic (exact) mass is 1450 g/mol. The number of pyridine rings is 1. The van der Waals surface area contributed by atoms with Crippen molar-refractivity contribution in [2.24, 2.45) is 33.6 Å². The molecule has 3 aromatic carbocycles. The SMILES string of the molecule is C=CS(=O)(=O)CCCCCC(=O)N[C@H](C(=O)N(c1ccc(COC(=O)N(CCOC23CC4(C)CC(C)(CC(Cn5ncc(-c6ccc(N7CCc8cccc(C(=O)Nc9nc%10ccccc%10s9)c8C7)nc6C(=O)O)c5C)(C4)C2)C3)CCS(=O)(=O)O)cc1)[C@@H](CCCNC(N)=O)C(N)=O)C(C)C. The number of thiazole rings is 1. The van der Waals surface area contributed by atoms with E-state index in [9.17, 15) is 60.1 Å². The van der Waals surface area contributed by atoms with E-state index in [1.807, 2.05) is 59.0 Å². The first-order valence-corrected chi connectivity index (χ1v) is 38.1. The number of aromatic carboxylic acids is 1. The highest BCUT2D eigenvalue weighted by Crippen LogP contribution is 2.72. The smallest absolute Gasteiger partial charge is 0.410 e. The number of sulfone groups is 1. The maximum Gasteiger partial charge on any atom is 0.410 e. The molecule has 0 saturated heterocycles. The number of carboxylic acid groups (broad SMARTS) is 1. The number of carbonyl (C=O) groups is 7. The number of nitrogens with zero attached hydrogens (tertiary/aromatic N) is 7. The molecular weight excluding hydrogens is 1360 g/mol. The fourth-order valence-electron chi connectivity index (χ4n) is 16.4. The number of benzene rings is 3. The summed E-state index contributed by atoms with van der Waals surface area (Å²) in [6, 6.07) is 19.8. The maximum absolute atomic E-state index is 14.7. The Hall–Kier alpha value is -8.84. The van der Waals surface area contributed by atoms with E-state index in [0.29, 0.717) is 84.9 Å². The van der Waals surface area contributed by atoms with Gasteiger partial charge in [0.25, 0.3) is 21.9 Å². The zero-order valence-corrected chi connectivity index (χ0v) is 60.0. The molecule has 11 rings (SSSR count). The number of unbranched alkanes of at least 4 members (excludes halogenated alkanes) is 2. The van der Waals surface area contributed by atoms with Gasteiger partial charge >= 0.3 is 18.1 Å². The van der Waals surface area contributed by atoms with Gasteiger partial charge in [-0.1, -0.05) is 88.4 Å². The number of carbonyl (C=O) groups excluding carboxylic acids is 6. The van der Waals surface area contributed by atoms with Crippen LogP contribution in [-0.2, 0) is 69.9 Å². The van der Waals surface area contributed by atoms with Crippen LogP contribution in [0.2, 0.25) is 0 Å². The van der Waals surface area contributed by atoms with Crippen LogP contribution in [0.1, 0.15) is 148 Å². The highest BCUT2D eigenvalue weighted by atomic mass is 32.2. The Labute approximate surface area is 591 Å². The van der Waals surface area contributed by atoms with E-state index >= 15 is 0 Å². The number of nitrogens with one attached hydrogen (secondary N) is 3. The third-order valence-electron chi connectivity index (χ3n) is 19.9. The lowest BCUT2D eigenvalue weighted by Gasteiger charge is -2.69. The summed E-state index contributed by atoms with van der Waals surface area (Å²) >= 11 is 1.40. The third-order valence-corrected chi connectivity index (χ3v) is 22.9. The number of amides is 7. The number of hydrogen-bond acceptors (Lipinski definition) is 18. The number of hydrogen-bond donors (Lipinski definition) is 7. The van der Waals surface area contributed by atoms with Gasteiger partial charge in [0.1, 0.15) is 24.5 Å². The Morgan fingerprint density at radius 2 is 1.57 bits per heavy atom. The van der Waals surface area contributed by atoms with E-state index in [-0.39, 0.29) is 84.9 Å². The zero-order valence-electron chi connectivity index (χ0n) is 57.6. The molecule has 4 fully saturated rings. The first kappa shape index (κ1) is 74.8. The van der Waals surface area contributed by atoms with Crippen LogP contribution in [0.25, 0.3) is 21.3 Å². The van der Waals surface area contributed by atoms with Gasteiger partial charge in [-0.25, -0.2) is 32.8 Å². The first-order chi connectivity index (χ1) is 47.8. The van der Waals surface area contributed by atoms with Crippen LogP contribution in [0.4, 0.5) is 26.2 Å². The van der Waals surface area contributed by atoms with Crippen molar-refractivity contribution < 1.29 is 69.5 Å². The lowest BCUT2D eigenvalue weighted by atomic mass is 9.39. The number of para-hydroxylation sites is 1. The molecule has 4 heterocycles. The molecule has 30 heteroatoms. The van der Waals surface area contributed by atoms with Gasteiger partial charge in [-0.3, -0.25) is 38.6 Å². The van der Waals surface area contributed by atoms with Crippen molar-refractivity contribution >= 4 is 99.9 Å². The van der Waals surface area contributed by atoms with Crippen LogP contribution in [0.5, 0.6) is 0 Å². The van der Waals surface area contributed by atoms with Crippen molar-refractivity contribution in [2.45, 2.75) is 155 Å². The summed E-state index contributed by atoms with van der Waals surface area (Å²) in [5.41, 5.74) is 15.5. The largest absolute Gasteiger partial charge is 0.476 e. The number of urea groups is 1. The highest BCUT2D eigenvalue weighted by Gasteiger charge is 2.66. The molecule has 4 saturated carbocycles. The minimum absolute atomic E-state index is 0.00126. The Kier molecular flexibility index (Phi) is 22.8. The average Bonchev–Trinajstić information content (AvgIpc) is 0.811. The number of rotatable bonds is 33. The summed E-state index contributed by atoms with van der Waals surface area (Å²) in [6.45, 7) is 13.8. The van der Waals surface area contributed by atoms with E-state index in [1.54, 1.807) is 44.3 Å². The molecule has 9 N–H and O–H groups in total. The highest BCUT2D eigenvalue weighted by molar-refractivity contribution is 7.94. The van der Waals surface area contributed by atoms with Gasteiger partial charge in [-0.15, -0.1) is 0 Å². The molecule has 4 aliphatic carbocycles. The molecule has 6 aromatic rings. The molecule has 542 valence electrons. The summed E-state index contributed by atoms with van der Waals surface area (Å²) in [7, 11) is -7.95. The number of aromatic nitrogens is 4. The Balaban J connectivity index is 0.800. The predicted molar refractivity (Wildman–Crippen MR) is 382 cm³/mol. The number of nitrogens with two attached hydrogens (primary N) is 2. The summed E-state index contributed by atoms with van der Waals surface area (Å²) in [5.74, 6) is -4.44. The summed E-state index contributed by atoms with van der Waals surface area (Å²) < 4.78 is 73.6. The topological polar surface area (TPSA) is 388 Å². The second-order valence-electron chi connectivity index (χ2n) is 28.6. The van der Waals surface area contributed by atoms with Gasteiger partial charge in [0, 0.05) is 79.2 Å². The van der Waals surface area contributed by atoms with Gasteiger partial charge in [0.2, 0.25) is 11.8 Å². The van der Waals surface area contributed by atoms with Crippen molar-refractivity contribution in [1.29, 1.82) is 0 Å². The van der Waals surface area contributed by atoms with Crippen molar-refractivity contribution in [1.82, 2.24) is 35.3 Å². The standard InChI is InChI=1S/C71H90N12O15S3/c1-7-100(92,93)33-12-8-9-20-58(84)78-59(45(2)3)63(87)83(55(61(72)85)18-14-28-74-65(73)90)49-23-21-47(22-24-49)37-97-67(91)80(31-34-101(94,95)96)30-32-98-71-41-68(5)38-69(6,42-71)40-70(39-68,43-71)44-82-46(4)52(35-75-82)50-25-26-57(77-60(50)64(88)89)81-29-27-48-15-13-16-51(53(48)36-81)62(86)79-66-76-54-17-10-11-19-56(54)99-66/h7,10-11,13,15-17,19,21-26,35,45,55,59H,1,8-9,12,14,18,20,27-34,36-44H2,2-6H3,(H2,72,85)(H,78,84)(H,88,89)(H3,73,74,90)(H,76,79,86)(H,94,95,96)/t55-,59-,68?,69?,70?,71?/m0/s1. The van der Waals surface area contributed by atoms with Gasteiger partial charge in [-0.05, 0) is 159 Å². The Bertz CT molecular complexity index is 4320. The molecule has 7 amide bonds. The third kappa shape index (κ3) is 18.3. The quantitative estimate of drug-likeness (QED) is 0.0149. The predicted octanol–water partition coefficient (Wildman–Crippen LogP) is 8.93. The molecule has 2 unspecified atom stereocenters. The van der Waals surface area contributed by atoms with Gasteiger partial charge < -0.3 is 46.5 Å². The van der Waals surface area contributed by atoms with Crippen molar-refractivity contribution in [2.75, 3.05) is 59.4 Å². The van der Waals surface area contributed by atoms with Gasteiger partial charge in [-0.2, -0.15) is 13.5 Å². The maximum atomic E-state index is 14.7. The second-order valence-corrected chi connectivity index (χ2v) is 33.3. The molecule has 4 bridgehead atoms. The molecule has 0 radical (unpaired) electrons. The normalized spacial score (nSPS) is 20.6. The van der Waals surface area contributed by atoms with Gasteiger partial charge in [0.15, 0.2) is 20.7 Å². The van der Waals surface area contributed by atoms with Crippen LogP contribution < -0.4 is 37.2 Å². The van der Waals surface area contributed by atoms with Crippen LogP contribution in [0, 0.1) is 29.1 Å². The lowest BCUT2D eigenvalue weighted by molar-refractivity contribution is -0.248. The molecule has 101 heavy (non-hydrogen) atoms. The van der Waals surface area contributed by atoms with E-state index < -0.39 is 91.7 Å². The van der Waals surface area contributed by atoms with E-state index in [0.717, 1.165) is 69.4 Å². The molecule has 4 atom stereocenters. The number of anilines is 3. The van der Waals surface area contributed by atoms with Crippen LogP contribution >= 0.6 is 11.3 Å². The number of carboxylic acids is 1. The minimum atomic E-state index is -4.55. The number of primary amides is 2. The molecule has 5 aliphatic rings. The minimum Gasteiger partial charge on any atom is -0.476 e. The second kappa shape index (κ2) is 30.8.